The van der Waals surface area contributed by atoms with E-state index in [4.69, 9.17) is 5.11 Å². The first-order valence-electron chi connectivity index (χ1n) is 8.17. The lowest BCUT2D eigenvalue weighted by molar-refractivity contribution is -0.136. The summed E-state index contributed by atoms with van der Waals surface area (Å²) in [6, 6.07) is 15.5. The normalized spacial score (nSPS) is 11.2. The summed E-state index contributed by atoms with van der Waals surface area (Å²) in [6.45, 7) is 0.561. The van der Waals surface area contributed by atoms with E-state index in [1.807, 2.05) is 30.3 Å². The molecule has 0 bridgehead atoms. The highest BCUT2D eigenvalue weighted by atomic mass is 19.1. The zero-order valence-electron chi connectivity index (χ0n) is 14.1. The number of carboxylic acid groups (broad SMARTS) is 1. The van der Waals surface area contributed by atoms with Crippen LogP contribution in [0, 0.1) is 5.82 Å². The highest BCUT2D eigenvalue weighted by molar-refractivity contribution is 5.96. The lowest BCUT2D eigenvalue weighted by Crippen LogP contribution is -2.31. The molecule has 2 N–H and O–H groups in total. The van der Waals surface area contributed by atoms with Gasteiger partial charge in [-0.1, -0.05) is 42.5 Å². The van der Waals surface area contributed by atoms with Crippen LogP contribution in [0.15, 0.2) is 66.4 Å². The Labute approximate surface area is 151 Å². The third-order valence-electron chi connectivity index (χ3n) is 3.81. The fourth-order valence-electron chi connectivity index (χ4n) is 2.47. The Morgan fingerprint density at radius 2 is 1.62 bits per heavy atom. The van der Waals surface area contributed by atoms with Crippen molar-refractivity contribution in [3.05, 3.63) is 83.4 Å². The molecule has 0 saturated carbocycles. The van der Waals surface area contributed by atoms with Gasteiger partial charge in [-0.3, -0.25) is 4.79 Å². The summed E-state index contributed by atoms with van der Waals surface area (Å²) < 4.78 is 13.0. The molecule has 0 spiro atoms. The van der Waals surface area contributed by atoms with Crippen LogP contribution < -0.4 is 0 Å². The van der Waals surface area contributed by atoms with E-state index in [2.05, 4.69) is 0 Å². The minimum Gasteiger partial charge on any atom is -0.502 e. The highest BCUT2D eigenvalue weighted by Crippen LogP contribution is 2.10. The third-order valence-corrected chi connectivity index (χ3v) is 3.81. The largest absolute Gasteiger partial charge is 0.502 e. The Balaban J connectivity index is 2.06. The number of aliphatic hydroxyl groups excluding tert-OH is 1. The van der Waals surface area contributed by atoms with Crippen LogP contribution in [0.4, 0.5) is 4.39 Å². The fraction of sp³-hybridized carbons (Fsp3) is 0.200. The molecule has 0 aromatic heterocycles. The lowest BCUT2D eigenvalue weighted by Gasteiger charge is -2.21. The molecule has 5 nitrogen and oxygen atoms in total. The van der Waals surface area contributed by atoms with Crippen molar-refractivity contribution >= 4 is 11.9 Å². The van der Waals surface area contributed by atoms with E-state index in [0.29, 0.717) is 24.6 Å². The lowest BCUT2D eigenvalue weighted by atomic mass is 10.1. The quantitative estimate of drug-likeness (QED) is 0.561. The molecule has 1 amide bonds. The van der Waals surface area contributed by atoms with Crippen LogP contribution in [-0.2, 0) is 22.6 Å². The molecule has 0 saturated heterocycles. The van der Waals surface area contributed by atoms with E-state index in [1.165, 1.54) is 17.0 Å². The number of nitrogens with zero attached hydrogens (tertiary/aromatic N) is 1. The van der Waals surface area contributed by atoms with Crippen molar-refractivity contribution in [2.45, 2.75) is 19.4 Å². The fourth-order valence-corrected chi connectivity index (χ4v) is 2.47. The van der Waals surface area contributed by atoms with Crippen LogP contribution in [0.2, 0.25) is 0 Å². The van der Waals surface area contributed by atoms with Crippen LogP contribution in [0.1, 0.15) is 17.5 Å². The molecule has 26 heavy (non-hydrogen) atoms. The maximum atomic E-state index is 13.0. The number of halogens is 1. The molecule has 0 fully saturated rings. The van der Waals surface area contributed by atoms with Crippen molar-refractivity contribution in [2.75, 3.05) is 6.54 Å². The average molecular weight is 357 g/mol. The summed E-state index contributed by atoms with van der Waals surface area (Å²) in [6.07, 6.45) is 2.11. The van der Waals surface area contributed by atoms with Crippen LogP contribution in [0.25, 0.3) is 0 Å². The van der Waals surface area contributed by atoms with E-state index < -0.39 is 17.6 Å². The van der Waals surface area contributed by atoms with E-state index in [1.54, 1.807) is 12.1 Å². The number of benzene rings is 2. The van der Waals surface area contributed by atoms with Crippen molar-refractivity contribution < 1.29 is 24.2 Å². The van der Waals surface area contributed by atoms with Gasteiger partial charge in [0, 0.05) is 13.1 Å². The average Bonchev–Trinajstić information content (AvgIpc) is 2.63. The molecule has 136 valence electrons. The van der Waals surface area contributed by atoms with Crippen molar-refractivity contribution in [3.63, 3.8) is 0 Å². The molecular formula is C20H20FNO4. The minimum atomic E-state index is -1.57. The van der Waals surface area contributed by atoms with Crippen LogP contribution in [0.3, 0.4) is 0 Å². The maximum Gasteiger partial charge on any atom is 0.371 e. The van der Waals surface area contributed by atoms with Crippen molar-refractivity contribution in [3.8, 4) is 0 Å². The molecule has 0 heterocycles. The molecule has 2 aromatic rings. The summed E-state index contributed by atoms with van der Waals surface area (Å²) >= 11 is 0. The molecule has 6 heteroatoms. The zero-order chi connectivity index (χ0) is 18.9. The first kappa shape index (κ1) is 19.2. The van der Waals surface area contributed by atoms with Gasteiger partial charge in [0.05, 0.1) is 6.08 Å². The van der Waals surface area contributed by atoms with Crippen molar-refractivity contribution in [1.82, 2.24) is 4.90 Å². The van der Waals surface area contributed by atoms with E-state index in [9.17, 15) is 19.1 Å². The summed E-state index contributed by atoms with van der Waals surface area (Å²) in [5, 5.41) is 18.0. The van der Waals surface area contributed by atoms with Gasteiger partial charge in [-0.15, -0.1) is 0 Å². The zero-order valence-corrected chi connectivity index (χ0v) is 14.1. The number of aliphatic hydroxyl groups is 1. The van der Waals surface area contributed by atoms with Gasteiger partial charge in [0.1, 0.15) is 5.82 Å². The number of amides is 1. The number of hydrogen-bond acceptors (Lipinski definition) is 3. The van der Waals surface area contributed by atoms with Gasteiger partial charge in [-0.25, -0.2) is 9.18 Å². The Bertz CT molecular complexity index is 772. The third kappa shape index (κ3) is 6.05. The smallest absolute Gasteiger partial charge is 0.371 e. The van der Waals surface area contributed by atoms with E-state index >= 15 is 0 Å². The molecule has 0 atom stereocenters. The molecule has 0 aliphatic heterocycles. The second-order valence-corrected chi connectivity index (χ2v) is 5.81. The second kappa shape index (κ2) is 9.36. The topological polar surface area (TPSA) is 77.8 Å². The summed E-state index contributed by atoms with van der Waals surface area (Å²) in [4.78, 5) is 24.5. The van der Waals surface area contributed by atoms with Gasteiger partial charge in [-0.2, -0.15) is 0 Å². The minimum absolute atomic E-state index is 0.192. The van der Waals surface area contributed by atoms with Gasteiger partial charge in [0.15, 0.2) is 0 Å². The standard InChI is InChI=1S/C20H20FNO4/c21-17-10-8-16(9-11-17)14-22(19(24)13-18(23)20(25)26)12-4-7-15-5-2-1-3-6-15/h1-3,5-6,8-11,13,23H,4,7,12,14H2,(H,25,26). The number of aliphatic carboxylic acids is 1. The summed E-state index contributed by atoms with van der Waals surface area (Å²) in [7, 11) is 0. The highest BCUT2D eigenvalue weighted by Gasteiger charge is 2.15. The molecule has 0 radical (unpaired) electrons. The molecular weight excluding hydrogens is 337 g/mol. The monoisotopic (exact) mass is 357 g/mol. The van der Waals surface area contributed by atoms with Gasteiger partial charge < -0.3 is 15.1 Å². The van der Waals surface area contributed by atoms with Crippen molar-refractivity contribution in [2.24, 2.45) is 0 Å². The Morgan fingerprint density at radius 1 is 0.962 bits per heavy atom. The Hall–Kier alpha value is -3.15. The maximum absolute atomic E-state index is 13.0. The van der Waals surface area contributed by atoms with Crippen LogP contribution in [-0.4, -0.2) is 33.5 Å². The van der Waals surface area contributed by atoms with Gasteiger partial charge in [-0.05, 0) is 36.1 Å². The van der Waals surface area contributed by atoms with E-state index in [0.717, 1.165) is 12.0 Å². The predicted octanol–water partition coefficient (Wildman–Crippen LogP) is 3.31. The van der Waals surface area contributed by atoms with Crippen molar-refractivity contribution in [1.29, 1.82) is 0 Å². The number of hydrogen-bond donors (Lipinski definition) is 2. The van der Waals surface area contributed by atoms with Crippen LogP contribution in [0.5, 0.6) is 0 Å². The summed E-state index contributed by atoms with van der Waals surface area (Å²) in [5.74, 6) is -3.56. The molecule has 0 aliphatic rings. The molecule has 0 unspecified atom stereocenters. The first-order chi connectivity index (χ1) is 12.5. The first-order valence-corrected chi connectivity index (χ1v) is 8.17. The predicted molar refractivity (Wildman–Crippen MR) is 94.9 cm³/mol. The molecule has 2 rings (SSSR count). The van der Waals surface area contributed by atoms with Gasteiger partial charge in [0.25, 0.3) is 5.91 Å². The SMILES string of the molecule is O=C(O)C(O)=CC(=O)N(CCCc1ccccc1)Cc1ccc(F)cc1. The van der Waals surface area contributed by atoms with Crippen LogP contribution >= 0.6 is 0 Å². The second-order valence-electron chi connectivity index (χ2n) is 5.81. The number of aryl methyl sites for hydroxylation is 1. The number of carbonyl (C=O) groups is 2. The number of rotatable bonds is 8. The number of carbonyl (C=O) groups excluding carboxylic acids is 1. The van der Waals surface area contributed by atoms with E-state index in [-0.39, 0.29) is 12.4 Å². The van der Waals surface area contributed by atoms with Gasteiger partial charge in [0.2, 0.25) is 5.76 Å². The van der Waals surface area contributed by atoms with Gasteiger partial charge >= 0.3 is 5.97 Å². The Kier molecular flexibility index (Phi) is 6.91. The summed E-state index contributed by atoms with van der Waals surface area (Å²) in [5.41, 5.74) is 1.84. The molecule has 2 aromatic carbocycles. The Morgan fingerprint density at radius 3 is 2.23 bits per heavy atom. The molecule has 0 aliphatic carbocycles. The number of carboxylic acids is 1.